The maximum Gasteiger partial charge on any atom is 0.250 e. The van der Waals surface area contributed by atoms with E-state index in [2.05, 4.69) is 5.32 Å². The van der Waals surface area contributed by atoms with E-state index in [1.54, 1.807) is 30.7 Å². The molecule has 5 nitrogen and oxygen atoms in total. The lowest BCUT2D eigenvalue weighted by atomic mass is 10.0. The summed E-state index contributed by atoms with van der Waals surface area (Å²) in [6.45, 7) is -0.0380. The Bertz CT molecular complexity index is 823. The van der Waals surface area contributed by atoms with Gasteiger partial charge in [0.25, 0.3) is 5.56 Å². The van der Waals surface area contributed by atoms with E-state index in [9.17, 15) is 9.59 Å². The number of aromatic nitrogens is 1. The van der Waals surface area contributed by atoms with Crippen LogP contribution in [-0.2, 0) is 11.3 Å². The Morgan fingerprint density at radius 3 is 2.52 bits per heavy atom. The van der Waals surface area contributed by atoms with E-state index in [1.165, 1.54) is 10.6 Å². The molecule has 3 aromatic rings. The van der Waals surface area contributed by atoms with E-state index >= 15 is 0 Å². The van der Waals surface area contributed by atoms with Crippen LogP contribution >= 0.6 is 0 Å². The molecule has 5 heteroatoms. The smallest absolute Gasteiger partial charge is 0.250 e. The number of carbonyl (C=O) groups excluding carboxylic acids is 1. The van der Waals surface area contributed by atoms with E-state index < -0.39 is 6.04 Å². The molecule has 0 aliphatic carbocycles. The van der Waals surface area contributed by atoms with Crippen LogP contribution in [0.1, 0.15) is 17.4 Å². The summed E-state index contributed by atoms with van der Waals surface area (Å²) in [5.74, 6) is 0.383. The second-order valence-electron chi connectivity index (χ2n) is 5.09. The number of hydrogen-bond donors (Lipinski definition) is 1. The molecule has 3 rings (SSSR count). The number of furan rings is 1. The third kappa shape index (κ3) is 3.58. The molecule has 0 saturated carbocycles. The normalized spacial score (nSPS) is 11.8. The molecule has 1 atom stereocenters. The summed E-state index contributed by atoms with van der Waals surface area (Å²) in [6.07, 6.45) is 3.16. The molecule has 0 aliphatic rings. The number of pyridine rings is 1. The molecule has 2 heterocycles. The Morgan fingerprint density at radius 2 is 1.83 bits per heavy atom. The fourth-order valence-electron chi connectivity index (χ4n) is 2.37. The zero-order chi connectivity index (χ0) is 16.1. The van der Waals surface area contributed by atoms with Crippen molar-refractivity contribution in [3.63, 3.8) is 0 Å². The predicted molar refractivity (Wildman–Crippen MR) is 85.8 cm³/mol. The minimum atomic E-state index is -0.391. The molecule has 0 radical (unpaired) electrons. The van der Waals surface area contributed by atoms with Crippen molar-refractivity contribution in [1.82, 2.24) is 9.88 Å². The van der Waals surface area contributed by atoms with E-state index in [4.69, 9.17) is 4.42 Å². The van der Waals surface area contributed by atoms with Gasteiger partial charge in [0.05, 0.1) is 6.26 Å². The Hall–Kier alpha value is -3.08. The number of amides is 1. The first-order valence-electron chi connectivity index (χ1n) is 7.27. The Kier molecular flexibility index (Phi) is 4.38. The highest BCUT2D eigenvalue weighted by atomic mass is 16.3. The highest BCUT2D eigenvalue weighted by Crippen LogP contribution is 2.22. The van der Waals surface area contributed by atoms with Crippen LogP contribution in [0.2, 0.25) is 0 Å². The van der Waals surface area contributed by atoms with E-state index in [1.807, 2.05) is 36.4 Å². The van der Waals surface area contributed by atoms with Gasteiger partial charge in [0, 0.05) is 12.3 Å². The summed E-state index contributed by atoms with van der Waals surface area (Å²) in [5.41, 5.74) is 0.702. The van der Waals surface area contributed by atoms with Gasteiger partial charge in [-0.1, -0.05) is 36.4 Å². The molecule has 0 bridgehead atoms. The number of hydrogen-bond acceptors (Lipinski definition) is 3. The van der Waals surface area contributed by atoms with Crippen molar-refractivity contribution in [2.24, 2.45) is 0 Å². The van der Waals surface area contributed by atoms with Gasteiger partial charge in [-0.3, -0.25) is 9.59 Å². The molecule has 2 aromatic heterocycles. The predicted octanol–water partition coefficient (Wildman–Crippen LogP) is 2.35. The van der Waals surface area contributed by atoms with Gasteiger partial charge in [0.2, 0.25) is 5.91 Å². The SMILES string of the molecule is O=C(Cn1ccccc1=O)NC(c1ccccc1)c1ccco1. The maximum atomic E-state index is 12.3. The van der Waals surface area contributed by atoms with E-state index in [0.717, 1.165) is 5.56 Å². The average Bonchev–Trinajstić information content (AvgIpc) is 3.10. The fourth-order valence-corrected chi connectivity index (χ4v) is 2.37. The standard InChI is InChI=1S/C18H16N2O3/c21-16(13-20-11-5-4-10-17(20)22)19-18(15-9-6-12-23-15)14-7-2-1-3-8-14/h1-12,18H,13H2,(H,19,21). The highest BCUT2D eigenvalue weighted by molar-refractivity contribution is 5.76. The molecule has 1 N–H and O–H groups in total. The van der Waals surface area contributed by atoms with Gasteiger partial charge in [0.1, 0.15) is 18.3 Å². The molecular formula is C18H16N2O3. The minimum Gasteiger partial charge on any atom is -0.467 e. The van der Waals surface area contributed by atoms with Crippen LogP contribution in [-0.4, -0.2) is 10.5 Å². The quantitative estimate of drug-likeness (QED) is 0.787. The third-order valence-electron chi connectivity index (χ3n) is 3.48. The van der Waals surface area contributed by atoms with Crippen LogP contribution < -0.4 is 10.9 Å². The number of nitrogens with one attached hydrogen (secondary N) is 1. The summed E-state index contributed by atoms with van der Waals surface area (Å²) >= 11 is 0. The van der Waals surface area contributed by atoms with Crippen molar-refractivity contribution in [2.45, 2.75) is 12.6 Å². The van der Waals surface area contributed by atoms with E-state index in [-0.39, 0.29) is 18.0 Å². The molecular weight excluding hydrogens is 292 g/mol. The molecule has 0 spiro atoms. The highest BCUT2D eigenvalue weighted by Gasteiger charge is 2.19. The fraction of sp³-hybridized carbons (Fsp3) is 0.111. The van der Waals surface area contributed by atoms with Crippen LogP contribution in [0.25, 0.3) is 0 Å². The topological polar surface area (TPSA) is 64.2 Å². The van der Waals surface area contributed by atoms with Gasteiger partial charge in [0.15, 0.2) is 0 Å². The minimum absolute atomic E-state index is 0.0380. The van der Waals surface area contributed by atoms with Gasteiger partial charge < -0.3 is 14.3 Å². The van der Waals surface area contributed by atoms with Crippen molar-refractivity contribution in [2.75, 3.05) is 0 Å². The van der Waals surface area contributed by atoms with Gasteiger partial charge in [-0.05, 0) is 23.8 Å². The maximum absolute atomic E-state index is 12.3. The van der Waals surface area contributed by atoms with Crippen molar-refractivity contribution < 1.29 is 9.21 Å². The first-order valence-corrected chi connectivity index (χ1v) is 7.27. The van der Waals surface area contributed by atoms with Gasteiger partial charge in [-0.25, -0.2) is 0 Å². The molecule has 0 aliphatic heterocycles. The Balaban J connectivity index is 1.81. The van der Waals surface area contributed by atoms with E-state index in [0.29, 0.717) is 5.76 Å². The second-order valence-corrected chi connectivity index (χ2v) is 5.09. The summed E-state index contributed by atoms with van der Waals surface area (Å²) in [7, 11) is 0. The lowest BCUT2D eigenvalue weighted by molar-refractivity contribution is -0.122. The van der Waals surface area contributed by atoms with Crippen LogP contribution in [0.15, 0.2) is 82.3 Å². The molecule has 1 unspecified atom stereocenters. The number of rotatable bonds is 5. The summed E-state index contributed by atoms with van der Waals surface area (Å²) < 4.78 is 6.80. The van der Waals surface area contributed by atoms with Crippen LogP contribution in [0.5, 0.6) is 0 Å². The lowest BCUT2D eigenvalue weighted by Gasteiger charge is -2.17. The number of nitrogens with zero attached hydrogens (tertiary/aromatic N) is 1. The first-order chi connectivity index (χ1) is 11.2. The van der Waals surface area contributed by atoms with Crippen molar-refractivity contribution in [1.29, 1.82) is 0 Å². The molecule has 116 valence electrons. The summed E-state index contributed by atoms with van der Waals surface area (Å²) in [5, 5.41) is 2.92. The van der Waals surface area contributed by atoms with Gasteiger partial charge in [-0.2, -0.15) is 0 Å². The second kappa shape index (κ2) is 6.79. The van der Waals surface area contributed by atoms with Crippen molar-refractivity contribution >= 4 is 5.91 Å². The molecule has 23 heavy (non-hydrogen) atoms. The summed E-state index contributed by atoms with van der Waals surface area (Å²) in [6, 6.07) is 17.5. The van der Waals surface area contributed by atoms with Crippen LogP contribution in [0.3, 0.4) is 0 Å². The van der Waals surface area contributed by atoms with Crippen LogP contribution in [0.4, 0.5) is 0 Å². The number of benzene rings is 1. The molecule has 0 fully saturated rings. The average molecular weight is 308 g/mol. The van der Waals surface area contributed by atoms with Gasteiger partial charge >= 0.3 is 0 Å². The molecule has 1 aromatic carbocycles. The van der Waals surface area contributed by atoms with Gasteiger partial charge in [-0.15, -0.1) is 0 Å². The Morgan fingerprint density at radius 1 is 1.04 bits per heavy atom. The first kappa shape index (κ1) is 14.8. The van der Waals surface area contributed by atoms with Crippen molar-refractivity contribution in [3.05, 3.63) is 94.8 Å². The third-order valence-corrected chi connectivity index (χ3v) is 3.48. The molecule has 0 saturated heterocycles. The Labute approximate surface area is 133 Å². The molecule has 1 amide bonds. The van der Waals surface area contributed by atoms with Crippen LogP contribution in [0, 0.1) is 0 Å². The lowest BCUT2D eigenvalue weighted by Crippen LogP contribution is -2.34. The summed E-state index contributed by atoms with van der Waals surface area (Å²) in [4.78, 5) is 24.0. The number of carbonyl (C=O) groups is 1. The zero-order valence-corrected chi connectivity index (χ0v) is 12.4. The van der Waals surface area contributed by atoms with Crippen molar-refractivity contribution in [3.8, 4) is 0 Å². The largest absolute Gasteiger partial charge is 0.467 e. The zero-order valence-electron chi connectivity index (χ0n) is 12.4. The monoisotopic (exact) mass is 308 g/mol.